The van der Waals surface area contributed by atoms with E-state index < -0.39 is 0 Å². The fourth-order valence-electron chi connectivity index (χ4n) is 2.53. The van der Waals surface area contributed by atoms with Crippen LogP contribution in [0.5, 0.6) is 0 Å². The average Bonchev–Trinajstić information content (AvgIpc) is 2.90. The van der Waals surface area contributed by atoms with E-state index in [4.69, 9.17) is 16.3 Å². The Morgan fingerprint density at radius 3 is 3.00 bits per heavy atom. The zero-order valence-corrected chi connectivity index (χ0v) is 12.0. The molecule has 1 N–H and O–H groups in total. The lowest BCUT2D eigenvalue weighted by atomic mass is 9.92. The van der Waals surface area contributed by atoms with Gasteiger partial charge in [-0.05, 0) is 43.5 Å². The summed E-state index contributed by atoms with van der Waals surface area (Å²) in [6, 6.07) is 5.00. The highest BCUT2D eigenvalue weighted by Crippen LogP contribution is 2.24. The van der Waals surface area contributed by atoms with Crippen molar-refractivity contribution in [2.75, 3.05) is 19.8 Å². The summed E-state index contributed by atoms with van der Waals surface area (Å²) < 4.78 is 18.5. The smallest absolute Gasteiger partial charge is 0.124 e. The van der Waals surface area contributed by atoms with Crippen molar-refractivity contribution in [3.05, 3.63) is 34.6 Å². The van der Waals surface area contributed by atoms with Gasteiger partial charge in [-0.3, -0.25) is 0 Å². The van der Waals surface area contributed by atoms with Gasteiger partial charge in [0.25, 0.3) is 0 Å². The Balaban J connectivity index is 2.05. The third kappa shape index (κ3) is 4.16. The third-order valence-corrected chi connectivity index (χ3v) is 4.00. The van der Waals surface area contributed by atoms with E-state index in [0.29, 0.717) is 17.0 Å². The first-order valence-corrected chi connectivity index (χ1v) is 7.33. The molecule has 1 aromatic carbocycles. The van der Waals surface area contributed by atoms with Gasteiger partial charge < -0.3 is 10.1 Å². The van der Waals surface area contributed by atoms with Gasteiger partial charge in [0, 0.05) is 23.6 Å². The molecule has 0 radical (unpaired) electrons. The first-order chi connectivity index (χ1) is 9.20. The fraction of sp³-hybridized carbons (Fsp3) is 0.600. The normalized spacial score (nSPS) is 20.7. The van der Waals surface area contributed by atoms with Gasteiger partial charge >= 0.3 is 0 Å². The highest BCUT2D eigenvalue weighted by atomic mass is 35.5. The van der Waals surface area contributed by atoms with Crippen molar-refractivity contribution in [1.29, 1.82) is 0 Å². The molecule has 1 fully saturated rings. The van der Waals surface area contributed by atoms with E-state index in [0.717, 1.165) is 44.6 Å². The van der Waals surface area contributed by atoms with E-state index in [1.165, 1.54) is 12.1 Å². The summed E-state index contributed by atoms with van der Waals surface area (Å²) in [5, 5.41) is 4.09. The van der Waals surface area contributed by atoms with Crippen LogP contribution < -0.4 is 5.32 Å². The molecule has 2 unspecified atom stereocenters. The van der Waals surface area contributed by atoms with E-state index in [9.17, 15) is 4.39 Å². The molecule has 106 valence electrons. The van der Waals surface area contributed by atoms with Crippen LogP contribution in [0.15, 0.2) is 18.2 Å². The molecule has 0 amide bonds. The molecule has 2 rings (SSSR count). The first-order valence-electron chi connectivity index (χ1n) is 6.95. The molecule has 1 aromatic rings. The van der Waals surface area contributed by atoms with Crippen LogP contribution in [-0.2, 0) is 11.2 Å². The molecule has 0 saturated carbocycles. The molecular formula is C15H21ClFNO. The van der Waals surface area contributed by atoms with Crippen molar-refractivity contribution in [2.24, 2.45) is 5.92 Å². The summed E-state index contributed by atoms with van der Waals surface area (Å²) in [5.74, 6) is 0.240. The summed E-state index contributed by atoms with van der Waals surface area (Å²) in [6.45, 7) is 4.78. The van der Waals surface area contributed by atoms with Crippen LogP contribution >= 0.6 is 11.6 Å². The van der Waals surface area contributed by atoms with Crippen molar-refractivity contribution in [2.45, 2.75) is 32.2 Å². The van der Waals surface area contributed by atoms with Crippen molar-refractivity contribution < 1.29 is 9.13 Å². The molecule has 1 aliphatic heterocycles. The van der Waals surface area contributed by atoms with Crippen LogP contribution in [0.2, 0.25) is 5.02 Å². The summed E-state index contributed by atoms with van der Waals surface area (Å²) in [7, 11) is 0. The van der Waals surface area contributed by atoms with E-state index in [1.807, 2.05) is 0 Å². The molecule has 4 heteroatoms. The quantitative estimate of drug-likeness (QED) is 0.865. The second-order valence-corrected chi connectivity index (χ2v) is 5.53. The van der Waals surface area contributed by atoms with E-state index in [1.54, 1.807) is 6.07 Å². The van der Waals surface area contributed by atoms with Crippen molar-refractivity contribution in [1.82, 2.24) is 5.32 Å². The number of benzene rings is 1. The molecular weight excluding hydrogens is 265 g/mol. The highest BCUT2D eigenvalue weighted by Gasteiger charge is 2.25. The van der Waals surface area contributed by atoms with Crippen molar-refractivity contribution >= 4 is 11.6 Å². The zero-order valence-electron chi connectivity index (χ0n) is 11.3. The summed E-state index contributed by atoms with van der Waals surface area (Å²) in [5.41, 5.74) is 1.00. The number of rotatable bonds is 6. The monoisotopic (exact) mass is 285 g/mol. The molecule has 2 atom stereocenters. The first kappa shape index (κ1) is 14.8. The van der Waals surface area contributed by atoms with Crippen LogP contribution in [-0.4, -0.2) is 25.8 Å². The third-order valence-electron chi connectivity index (χ3n) is 3.65. The Morgan fingerprint density at radius 1 is 1.53 bits per heavy atom. The van der Waals surface area contributed by atoms with Crippen molar-refractivity contribution in [3.8, 4) is 0 Å². The molecule has 0 aromatic heterocycles. The second kappa shape index (κ2) is 7.22. The topological polar surface area (TPSA) is 21.3 Å². The van der Waals surface area contributed by atoms with Gasteiger partial charge in [-0.2, -0.15) is 0 Å². The van der Waals surface area contributed by atoms with Gasteiger partial charge in [-0.15, -0.1) is 0 Å². The van der Waals surface area contributed by atoms with Gasteiger partial charge in [0.2, 0.25) is 0 Å². The maximum Gasteiger partial charge on any atom is 0.124 e. The Hall–Kier alpha value is -0.640. The van der Waals surface area contributed by atoms with Gasteiger partial charge in [0.1, 0.15) is 5.82 Å². The molecule has 0 aliphatic carbocycles. The van der Waals surface area contributed by atoms with Gasteiger partial charge in [-0.1, -0.05) is 24.6 Å². The number of halogens is 2. The van der Waals surface area contributed by atoms with E-state index >= 15 is 0 Å². The fourth-order valence-corrected chi connectivity index (χ4v) is 2.77. The molecule has 0 spiro atoms. The molecule has 0 bridgehead atoms. The molecule has 2 nitrogen and oxygen atoms in total. The Labute approximate surface area is 119 Å². The predicted octanol–water partition coefficient (Wildman–Crippen LogP) is 3.43. The van der Waals surface area contributed by atoms with Crippen LogP contribution in [0.25, 0.3) is 0 Å². The Morgan fingerprint density at radius 2 is 2.37 bits per heavy atom. The van der Waals surface area contributed by atoms with Crippen LogP contribution in [0.3, 0.4) is 0 Å². The van der Waals surface area contributed by atoms with Crippen molar-refractivity contribution in [3.63, 3.8) is 0 Å². The van der Waals surface area contributed by atoms with Crippen LogP contribution in [0, 0.1) is 11.7 Å². The van der Waals surface area contributed by atoms with Gasteiger partial charge in [-0.25, -0.2) is 4.39 Å². The average molecular weight is 286 g/mol. The number of nitrogens with one attached hydrogen (secondary N) is 1. The minimum Gasteiger partial charge on any atom is -0.381 e. The van der Waals surface area contributed by atoms with Crippen LogP contribution in [0.4, 0.5) is 4.39 Å². The summed E-state index contributed by atoms with van der Waals surface area (Å²) >= 11 is 6.12. The van der Waals surface area contributed by atoms with Gasteiger partial charge in [0.05, 0.1) is 6.61 Å². The zero-order chi connectivity index (χ0) is 13.7. The highest BCUT2D eigenvalue weighted by molar-refractivity contribution is 6.31. The Kier molecular flexibility index (Phi) is 5.61. The second-order valence-electron chi connectivity index (χ2n) is 5.12. The van der Waals surface area contributed by atoms with Gasteiger partial charge in [0.15, 0.2) is 0 Å². The largest absolute Gasteiger partial charge is 0.381 e. The van der Waals surface area contributed by atoms with E-state index in [2.05, 4.69) is 12.2 Å². The molecule has 1 heterocycles. The minimum atomic E-state index is -0.281. The Bertz CT molecular complexity index is 407. The SMILES string of the molecule is CCCNC(Cc1ccc(F)cc1Cl)C1CCOC1. The number of hydrogen-bond donors (Lipinski definition) is 1. The summed E-state index contributed by atoms with van der Waals surface area (Å²) in [6.07, 6.45) is 3.01. The summed E-state index contributed by atoms with van der Waals surface area (Å²) in [4.78, 5) is 0. The lowest BCUT2D eigenvalue weighted by Gasteiger charge is -2.24. The minimum absolute atomic E-state index is 0.281. The predicted molar refractivity (Wildman–Crippen MR) is 76.1 cm³/mol. The number of hydrogen-bond acceptors (Lipinski definition) is 2. The standard InChI is InChI=1S/C15H21ClFNO/c1-2-6-18-15(12-5-7-19-10-12)8-11-3-4-13(17)9-14(11)16/h3-4,9,12,15,18H,2,5-8,10H2,1H3. The number of ether oxygens (including phenoxy) is 1. The van der Waals surface area contributed by atoms with E-state index in [-0.39, 0.29) is 5.82 Å². The maximum absolute atomic E-state index is 13.1. The maximum atomic E-state index is 13.1. The lowest BCUT2D eigenvalue weighted by Crippen LogP contribution is -2.39. The molecule has 19 heavy (non-hydrogen) atoms. The lowest BCUT2D eigenvalue weighted by molar-refractivity contribution is 0.176. The molecule has 1 saturated heterocycles. The molecule has 1 aliphatic rings. The van der Waals surface area contributed by atoms with Crippen LogP contribution in [0.1, 0.15) is 25.3 Å².